The zero-order valence-corrected chi connectivity index (χ0v) is 19.0. The zero-order valence-electron chi connectivity index (χ0n) is 18.2. The first-order valence-corrected chi connectivity index (χ1v) is 12.1. The lowest BCUT2D eigenvalue weighted by Gasteiger charge is -2.11. The number of aromatic nitrogens is 2. The van der Waals surface area contributed by atoms with Crippen LogP contribution in [0.4, 0.5) is 4.39 Å². The van der Waals surface area contributed by atoms with E-state index in [0.29, 0.717) is 0 Å². The Kier molecular flexibility index (Phi) is 4.29. The van der Waals surface area contributed by atoms with Gasteiger partial charge >= 0.3 is 0 Å². The molecule has 34 heavy (non-hydrogen) atoms. The van der Waals surface area contributed by atoms with Crippen molar-refractivity contribution in [3.63, 3.8) is 0 Å². The van der Waals surface area contributed by atoms with Crippen LogP contribution in [-0.4, -0.2) is 9.55 Å². The van der Waals surface area contributed by atoms with Gasteiger partial charge in [-0.3, -0.25) is 0 Å². The maximum atomic E-state index is 14.0. The Bertz CT molecular complexity index is 1850. The lowest BCUT2D eigenvalue weighted by molar-refractivity contribution is 0.630. The third kappa shape index (κ3) is 2.96. The molecule has 5 aromatic carbocycles. The van der Waals surface area contributed by atoms with Crippen molar-refractivity contribution in [1.82, 2.24) is 9.55 Å². The van der Waals surface area contributed by atoms with Crippen LogP contribution in [0.3, 0.4) is 0 Å². The van der Waals surface area contributed by atoms with E-state index < -0.39 is 0 Å². The van der Waals surface area contributed by atoms with Gasteiger partial charge in [0, 0.05) is 37.7 Å². The normalized spacial score (nSPS) is 11.8. The molecule has 0 N–H and O–H groups in total. The Hall–Kier alpha value is -4.02. The summed E-state index contributed by atoms with van der Waals surface area (Å²) in [6, 6.07) is 34.6. The van der Waals surface area contributed by atoms with Gasteiger partial charge in [0.15, 0.2) is 0 Å². The second-order valence-electron chi connectivity index (χ2n) is 8.59. The Morgan fingerprint density at radius 1 is 0.735 bits per heavy atom. The van der Waals surface area contributed by atoms with Gasteiger partial charge < -0.3 is 4.57 Å². The third-order valence-electron chi connectivity index (χ3n) is 6.53. The molecule has 0 aliphatic heterocycles. The van der Waals surface area contributed by atoms with Gasteiger partial charge in [-0.05, 0) is 35.2 Å². The van der Waals surface area contributed by atoms with Crippen LogP contribution in [0.5, 0.6) is 0 Å². The van der Waals surface area contributed by atoms with Gasteiger partial charge in [-0.1, -0.05) is 78.9 Å². The summed E-state index contributed by atoms with van der Waals surface area (Å²) in [6.45, 7) is 0.723. The molecule has 0 atom stereocenters. The first-order chi connectivity index (χ1) is 16.8. The molecule has 0 amide bonds. The molecule has 0 unspecified atom stereocenters. The first-order valence-electron chi connectivity index (χ1n) is 11.3. The van der Waals surface area contributed by atoms with E-state index in [2.05, 4.69) is 83.4 Å². The van der Waals surface area contributed by atoms with Crippen molar-refractivity contribution < 1.29 is 4.39 Å². The Morgan fingerprint density at radius 2 is 1.56 bits per heavy atom. The van der Waals surface area contributed by atoms with Gasteiger partial charge in [-0.2, -0.15) is 0 Å². The van der Waals surface area contributed by atoms with Crippen molar-refractivity contribution in [2.45, 2.75) is 6.54 Å². The van der Waals surface area contributed by atoms with Crippen LogP contribution in [0.25, 0.3) is 53.4 Å². The Labute approximate surface area is 199 Å². The van der Waals surface area contributed by atoms with Gasteiger partial charge in [0.25, 0.3) is 0 Å². The summed E-state index contributed by atoms with van der Waals surface area (Å²) in [5.74, 6) is 0.733. The second-order valence-corrected chi connectivity index (χ2v) is 9.64. The largest absolute Gasteiger partial charge is 0.319 e. The van der Waals surface area contributed by atoms with Crippen molar-refractivity contribution in [1.29, 1.82) is 0 Å². The zero-order chi connectivity index (χ0) is 22.6. The topological polar surface area (TPSA) is 17.8 Å². The van der Waals surface area contributed by atoms with E-state index in [-0.39, 0.29) is 5.82 Å². The van der Waals surface area contributed by atoms with Gasteiger partial charge in [-0.15, -0.1) is 11.3 Å². The molecule has 0 radical (unpaired) electrons. The van der Waals surface area contributed by atoms with Crippen molar-refractivity contribution in [3.05, 3.63) is 115 Å². The average Bonchev–Trinajstić information content (AvgIpc) is 3.42. The molecule has 0 saturated carbocycles. The SMILES string of the molecule is Fc1ccc2c(c1)sc1c(-c3nc4c5ccccc5ccc4n3Cc3ccccc3)cccc12. The van der Waals surface area contributed by atoms with Crippen LogP contribution in [0.15, 0.2) is 103 Å². The summed E-state index contributed by atoms with van der Waals surface area (Å²) in [5, 5.41) is 4.56. The molecule has 0 aliphatic rings. The first kappa shape index (κ1) is 19.4. The van der Waals surface area contributed by atoms with Gasteiger partial charge in [-0.25, -0.2) is 9.37 Å². The Morgan fingerprint density at radius 3 is 2.47 bits per heavy atom. The third-order valence-corrected chi connectivity index (χ3v) is 7.73. The number of hydrogen-bond donors (Lipinski definition) is 0. The number of nitrogens with zero attached hydrogens (tertiary/aromatic N) is 2. The fraction of sp³-hybridized carbons (Fsp3) is 0.0333. The fourth-order valence-corrected chi connectivity index (χ4v) is 6.18. The molecular weight excluding hydrogens is 439 g/mol. The van der Waals surface area contributed by atoms with Crippen LogP contribution in [0.2, 0.25) is 0 Å². The fourth-order valence-electron chi connectivity index (χ4n) is 4.94. The highest BCUT2D eigenvalue weighted by molar-refractivity contribution is 7.26. The number of benzene rings is 5. The highest BCUT2D eigenvalue weighted by atomic mass is 32.1. The molecule has 0 bridgehead atoms. The summed E-state index contributed by atoms with van der Waals surface area (Å²) in [5.41, 5.74) is 4.42. The predicted octanol–water partition coefficient (Wildman–Crippen LogP) is 8.41. The number of rotatable bonds is 3. The van der Waals surface area contributed by atoms with E-state index in [1.165, 1.54) is 17.0 Å². The van der Waals surface area contributed by atoms with Crippen molar-refractivity contribution in [2.75, 3.05) is 0 Å². The molecule has 7 aromatic rings. The molecule has 0 fully saturated rings. The molecule has 2 nitrogen and oxygen atoms in total. The maximum absolute atomic E-state index is 14.0. The molecule has 2 aromatic heterocycles. The van der Waals surface area contributed by atoms with Crippen LogP contribution < -0.4 is 0 Å². The minimum atomic E-state index is -0.205. The summed E-state index contributed by atoms with van der Waals surface area (Å²) in [7, 11) is 0. The molecule has 4 heteroatoms. The summed E-state index contributed by atoms with van der Waals surface area (Å²) < 4.78 is 18.4. The van der Waals surface area contributed by atoms with E-state index in [1.807, 2.05) is 12.1 Å². The van der Waals surface area contributed by atoms with E-state index in [1.54, 1.807) is 17.4 Å². The van der Waals surface area contributed by atoms with Gasteiger partial charge in [0.1, 0.15) is 11.6 Å². The van der Waals surface area contributed by atoms with Crippen LogP contribution in [-0.2, 0) is 6.54 Å². The molecule has 0 aliphatic carbocycles. The lowest BCUT2D eigenvalue weighted by Crippen LogP contribution is -2.02. The van der Waals surface area contributed by atoms with Crippen molar-refractivity contribution in [3.8, 4) is 11.4 Å². The van der Waals surface area contributed by atoms with Crippen LogP contribution >= 0.6 is 11.3 Å². The summed E-state index contributed by atoms with van der Waals surface area (Å²) >= 11 is 1.63. The smallest absolute Gasteiger partial charge is 0.142 e. The van der Waals surface area contributed by atoms with Crippen molar-refractivity contribution in [2.24, 2.45) is 0 Å². The standard InChI is InChI=1S/C30H19FN2S/c31-21-14-15-23-24-11-6-12-25(29(24)34-27(23)17-21)30-32-28-22-10-5-4-9-20(22)13-16-26(28)33(30)18-19-7-2-1-3-8-19/h1-17H,18H2. The molecule has 162 valence electrons. The Balaban J connectivity index is 1.56. The number of hydrogen-bond acceptors (Lipinski definition) is 2. The van der Waals surface area contributed by atoms with Crippen LogP contribution in [0.1, 0.15) is 5.56 Å². The van der Waals surface area contributed by atoms with E-state index in [9.17, 15) is 4.39 Å². The van der Waals surface area contributed by atoms with E-state index >= 15 is 0 Å². The summed E-state index contributed by atoms with van der Waals surface area (Å²) in [6.07, 6.45) is 0. The second kappa shape index (κ2) is 7.51. The molecule has 7 rings (SSSR count). The average molecular weight is 459 g/mol. The summed E-state index contributed by atoms with van der Waals surface area (Å²) in [4.78, 5) is 5.24. The monoisotopic (exact) mass is 458 g/mol. The predicted molar refractivity (Wildman–Crippen MR) is 141 cm³/mol. The van der Waals surface area contributed by atoms with Crippen LogP contribution in [0, 0.1) is 5.82 Å². The quantitative estimate of drug-likeness (QED) is 0.260. The number of halogens is 1. The minimum absolute atomic E-state index is 0.205. The molecule has 2 heterocycles. The van der Waals surface area contributed by atoms with E-state index in [0.717, 1.165) is 54.5 Å². The molecule has 0 spiro atoms. The maximum Gasteiger partial charge on any atom is 0.142 e. The van der Waals surface area contributed by atoms with Gasteiger partial charge in [0.2, 0.25) is 0 Å². The number of thiophene rings is 1. The van der Waals surface area contributed by atoms with Crippen molar-refractivity contribution >= 4 is 53.3 Å². The highest BCUT2D eigenvalue weighted by Gasteiger charge is 2.19. The highest BCUT2D eigenvalue weighted by Crippen LogP contribution is 2.41. The number of fused-ring (bicyclic) bond motifs is 6. The van der Waals surface area contributed by atoms with E-state index in [4.69, 9.17) is 4.98 Å². The molecule has 0 saturated heterocycles. The van der Waals surface area contributed by atoms with Gasteiger partial charge in [0.05, 0.1) is 11.0 Å². The lowest BCUT2D eigenvalue weighted by atomic mass is 10.1. The minimum Gasteiger partial charge on any atom is -0.319 e. The molecular formula is C30H19FN2S. The number of imidazole rings is 1.